The predicted octanol–water partition coefficient (Wildman–Crippen LogP) is -2.30. The Balaban J connectivity index is 1.86. The second kappa shape index (κ2) is 10.3. The van der Waals surface area contributed by atoms with Gasteiger partial charge < -0.3 is 49.2 Å². The summed E-state index contributed by atoms with van der Waals surface area (Å²) >= 11 is 0. The van der Waals surface area contributed by atoms with E-state index in [0.29, 0.717) is 5.57 Å². The molecule has 0 aromatic carbocycles. The van der Waals surface area contributed by atoms with E-state index in [1.165, 1.54) is 13.2 Å². The molecule has 0 amide bonds. The summed E-state index contributed by atoms with van der Waals surface area (Å²) in [6.45, 7) is 0.777. The van der Waals surface area contributed by atoms with Gasteiger partial charge in [0.2, 0.25) is 6.29 Å². The Morgan fingerprint density at radius 2 is 1.78 bits per heavy atom. The van der Waals surface area contributed by atoms with Crippen LogP contribution in [-0.4, -0.2) is 101 Å². The van der Waals surface area contributed by atoms with Gasteiger partial charge in [-0.1, -0.05) is 13.0 Å². The van der Waals surface area contributed by atoms with E-state index >= 15 is 0 Å². The highest BCUT2D eigenvalue weighted by molar-refractivity contribution is 5.89. The van der Waals surface area contributed by atoms with Crippen LogP contribution < -0.4 is 0 Å². The van der Waals surface area contributed by atoms with Crippen molar-refractivity contribution in [3.63, 3.8) is 0 Å². The molecule has 2 aliphatic heterocycles. The summed E-state index contributed by atoms with van der Waals surface area (Å²) in [5.74, 6) is -2.90. The van der Waals surface area contributed by atoms with Gasteiger partial charge in [-0.3, -0.25) is 4.79 Å². The van der Waals surface area contributed by atoms with Crippen molar-refractivity contribution in [1.29, 1.82) is 0 Å². The summed E-state index contributed by atoms with van der Waals surface area (Å²) < 4.78 is 26.5. The SMILES string of the molecule is CCC(=O)OCC1=C[C@H](O)[C@@H]2C(C(=O)OC)=CO[C@@H](O[C@@H]3O[C@H](CO)[C@@H](O)[C@H](O)[C@H]3O)[C@H]12. The molecule has 180 valence electrons. The fourth-order valence-electron chi connectivity index (χ4n) is 4.04. The highest BCUT2D eigenvalue weighted by Crippen LogP contribution is 2.44. The number of rotatable bonds is 7. The Kier molecular flexibility index (Phi) is 7.88. The van der Waals surface area contributed by atoms with Gasteiger partial charge in [0, 0.05) is 12.3 Å². The number of aliphatic hydroxyl groups is 5. The predicted molar refractivity (Wildman–Crippen MR) is 102 cm³/mol. The maximum atomic E-state index is 12.2. The van der Waals surface area contributed by atoms with Crippen LogP contribution in [0.1, 0.15) is 13.3 Å². The number of fused-ring (bicyclic) bond motifs is 1. The van der Waals surface area contributed by atoms with Crippen molar-refractivity contribution in [2.75, 3.05) is 20.3 Å². The number of aliphatic hydroxyl groups excluding tert-OH is 5. The Labute approximate surface area is 183 Å². The van der Waals surface area contributed by atoms with Crippen LogP contribution in [0.25, 0.3) is 0 Å². The van der Waals surface area contributed by atoms with E-state index in [4.69, 9.17) is 23.7 Å². The van der Waals surface area contributed by atoms with Gasteiger partial charge in [0.05, 0.1) is 37.6 Å². The average molecular weight is 460 g/mol. The quantitative estimate of drug-likeness (QED) is 0.203. The highest BCUT2D eigenvalue weighted by atomic mass is 16.8. The topological polar surface area (TPSA) is 181 Å². The molecule has 3 aliphatic rings. The molecule has 0 saturated carbocycles. The molecule has 0 bridgehead atoms. The second-order valence-electron chi connectivity index (χ2n) is 7.70. The van der Waals surface area contributed by atoms with Gasteiger partial charge in [0.1, 0.15) is 31.0 Å². The summed E-state index contributed by atoms with van der Waals surface area (Å²) in [5.41, 5.74) is 0.445. The number of methoxy groups -OCH3 is 1. The number of hydrogen-bond donors (Lipinski definition) is 5. The Hall–Kier alpha value is -2.06. The van der Waals surface area contributed by atoms with Crippen molar-refractivity contribution in [1.82, 2.24) is 0 Å². The standard InChI is InChI=1S/C20H28O12/c1-3-12(23)29-6-8-4-10(22)14-9(18(27)28-2)7-30-19(13(8)14)32-20-17(26)16(25)15(24)11(5-21)31-20/h4,7,10-11,13-17,19-22,24-26H,3,5-6H2,1-2H3/t10-,11+,13+,14-,15+,16-,17+,19-,20-/m0/s1. The molecule has 0 radical (unpaired) electrons. The smallest absolute Gasteiger partial charge is 0.337 e. The minimum atomic E-state index is -1.68. The summed E-state index contributed by atoms with van der Waals surface area (Å²) in [5, 5.41) is 50.2. The van der Waals surface area contributed by atoms with Gasteiger partial charge in [0.15, 0.2) is 6.29 Å². The van der Waals surface area contributed by atoms with Crippen LogP contribution in [0.2, 0.25) is 0 Å². The fraction of sp³-hybridized carbons (Fsp3) is 0.700. The Morgan fingerprint density at radius 1 is 1.06 bits per heavy atom. The van der Waals surface area contributed by atoms with Crippen LogP contribution in [0, 0.1) is 11.8 Å². The molecule has 3 rings (SSSR count). The van der Waals surface area contributed by atoms with E-state index in [-0.39, 0.29) is 18.6 Å². The lowest BCUT2D eigenvalue weighted by atomic mass is 9.82. The first-order chi connectivity index (χ1) is 15.2. The first-order valence-electron chi connectivity index (χ1n) is 10.2. The largest absolute Gasteiger partial charge is 0.471 e. The molecule has 0 spiro atoms. The van der Waals surface area contributed by atoms with Crippen LogP contribution in [-0.2, 0) is 33.3 Å². The lowest BCUT2D eigenvalue weighted by molar-refractivity contribution is -0.340. The van der Waals surface area contributed by atoms with Gasteiger partial charge in [-0.25, -0.2) is 4.79 Å². The number of carbonyl (C=O) groups excluding carboxylic acids is 2. The second-order valence-corrected chi connectivity index (χ2v) is 7.70. The number of carbonyl (C=O) groups is 2. The van der Waals surface area contributed by atoms with Crippen LogP contribution in [0.3, 0.4) is 0 Å². The van der Waals surface area contributed by atoms with Crippen molar-refractivity contribution in [3.8, 4) is 0 Å². The van der Waals surface area contributed by atoms with E-state index in [2.05, 4.69) is 0 Å². The van der Waals surface area contributed by atoms with E-state index in [9.17, 15) is 35.1 Å². The van der Waals surface area contributed by atoms with Crippen LogP contribution in [0.5, 0.6) is 0 Å². The van der Waals surface area contributed by atoms with Crippen molar-refractivity contribution < 1.29 is 58.8 Å². The van der Waals surface area contributed by atoms with Crippen LogP contribution >= 0.6 is 0 Å². The molecule has 1 aliphatic carbocycles. The summed E-state index contributed by atoms with van der Waals surface area (Å²) in [6.07, 6.45) is -7.39. The van der Waals surface area contributed by atoms with Gasteiger partial charge in [-0.2, -0.15) is 0 Å². The molecule has 0 unspecified atom stereocenters. The van der Waals surface area contributed by atoms with Crippen molar-refractivity contribution >= 4 is 11.9 Å². The van der Waals surface area contributed by atoms with Crippen LogP contribution in [0.15, 0.2) is 23.5 Å². The molecule has 12 heteroatoms. The Bertz CT molecular complexity index is 762. The number of esters is 2. The first kappa shape index (κ1) is 24.6. The molecule has 0 aromatic rings. The fourth-order valence-corrected chi connectivity index (χ4v) is 4.04. The summed E-state index contributed by atoms with van der Waals surface area (Å²) in [7, 11) is 1.17. The third-order valence-electron chi connectivity index (χ3n) is 5.78. The minimum absolute atomic E-state index is 0.0340. The van der Waals surface area contributed by atoms with E-state index in [1.807, 2.05) is 0 Å². The summed E-state index contributed by atoms with van der Waals surface area (Å²) in [6, 6.07) is 0. The van der Waals surface area contributed by atoms with Gasteiger partial charge in [-0.05, 0) is 5.57 Å². The molecule has 0 aromatic heterocycles. The van der Waals surface area contributed by atoms with Crippen molar-refractivity contribution in [2.24, 2.45) is 11.8 Å². The molecule has 12 nitrogen and oxygen atoms in total. The number of ether oxygens (including phenoxy) is 5. The first-order valence-corrected chi connectivity index (χ1v) is 10.2. The van der Waals surface area contributed by atoms with Gasteiger partial charge in [-0.15, -0.1) is 0 Å². The van der Waals surface area contributed by atoms with E-state index in [0.717, 1.165) is 6.26 Å². The van der Waals surface area contributed by atoms with Gasteiger partial charge in [0.25, 0.3) is 0 Å². The van der Waals surface area contributed by atoms with Gasteiger partial charge >= 0.3 is 11.9 Å². The third-order valence-corrected chi connectivity index (χ3v) is 5.78. The zero-order valence-corrected chi connectivity index (χ0v) is 17.6. The maximum absolute atomic E-state index is 12.2. The van der Waals surface area contributed by atoms with Crippen LogP contribution in [0.4, 0.5) is 0 Å². The Morgan fingerprint density at radius 3 is 2.41 bits per heavy atom. The highest BCUT2D eigenvalue weighted by Gasteiger charge is 2.52. The van der Waals surface area contributed by atoms with E-state index < -0.39 is 73.5 Å². The molecular formula is C20H28O12. The lowest BCUT2D eigenvalue weighted by Crippen LogP contribution is -2.60. The van der Waals surface area contributed by atoms with Crippen molar-refractivity contribution in [3.05, 3.63) is 23.5 Å². The monoisotopic (exact) mass is 460 g/mol. The third kappa shape index (κ3) is 4.66. The van der Waals surface area contributed by atoms with E-state index in [1.54, 1.807) is 6.92 Å². The molecule has 2 heterocycles. The summed E-state index contributed by atoms with van der Waals surface area (Å²) in [4.78, 5) is 23.8. The molecule has 9 atom stereocenters. The minimum Gasteiger partial charge on any atom is -0.471 e. The molecule has 1 saturated heterocycles. The normalized spacial score (nSPS) is 38.8. The zero-order valence-electron chi connectivity index (χ0n) is 17.6. The zero-order chi connectivity index (χ0) is 23.6. The molecule has 5 N–H and O–H groups in total. The average Bonchev–Trinajstić information content (AvgIpc) is 3.14. The lowest BCUT2D eigenvalue weighted by Gasteiger charge is -2.43. The maximum Gasteiger partial charge on any atom is 0.337 e. The number of hydrogen-bond acceptors (Lipinski definition) is 12. The molecule has 1 fully saturated rings. The van der Waals surface area contributed by atoms with Crippen molar-refractivity contribution in [2.45, 2.75) is 56.4 Å². The molecule has 32 heavy (non-hydrogen) atoms. The molecular weight excluding hydrogens is 432 g/mol.